The van der Waals surface area contributed by atoms with Gasteiger partial charge in [-0.25, -0.2) is 0 Å². The van der Waals surface area contributed by atoms with E-state index in [0.29, 0.717) is 34.8 Å². The van der Waals surface area contributed by atoms with Gasteiger partial charge < -0.3 is 14.8 Å². The Morgan fingerprint density at radius 3 is 2.64 bits per heavy atom. The van der Waals surface area contributed by atoms with E-state index in [1.165, 1.54) is 0 Å². The average Bonchev–Trinajstić information content (AvgIpc) is 2.93. The number of amides is 1. The molecule has 1 N–H and O–H groups in total. The summed E-state index contributed by atoms with van der Waals surface area (Å²) in [5.41, 5.74) is 0.804. The van der Waals surface area contributed by atoms with Gasteiger partial charge in [-0.2, -0.15) is 9.36 Å². The molecule has 0 atom stereocenters. The highest BCUT2D eigenvalue weighted by molar-refractivity contribution is 7.10. The molecule has 2 aromatic rings. The van der Waals surface area contributed by atoms with Gasteiger partial charge in [0.05, 0.1) is 14.2 Å². The molecule has 1 amide bonds. The van der Waals surface area contributed by atoms with Crippen molar-refractivity contribution in [3.63, 3.8) is 0 Å². The van der Waals surface area contributed by atoms with Crippen LogP contribution in [0.3, 0.4) is 0 Å². The van der Waals surface area contributed by atoms with Crippen LogP contribution in [0.1, 0.15) is 20.3 Å². The van der Waals surface area contributed by atoms with Crippen LogP contribution in [0.4, 0.5) is 5.13 Å². The van der Waals surface area contributed by atoms with Gasteiger partial charge in [0, 0.05) is 23.5 Å². The number of nitrogens with zero attached hydrogens (tertiary/aromatic N) is 2. The van der Waals surface area contributed by atoms with Crippen molar-refractivity contribution in [1.29, 1.82) is 0 Å². The number of benzene rings is 1. The maximum atomic E-state index is 11.7. The van der Waals surface area contributed by atoms with E-state index < -0.39 is 0 Å². The molecule has 0 aliphatic rings. The number of carbonyl (C=O) groups excluding carboxylic acids is 1. The van der Waals surface area contributed by atoms with E-state index in [-0.39, 0.29) is 5.91 Å². The topological polar surface area (TPSA) is 73.3 Å². The molecule has 0 aliphatic heterocycles. The summed E-state index contributed by atoms with van der Waals surface area (Å²) in [5.74, 6) is 2.06. The largest absolute Gasteiger partial charge is 0.493 e. The molecule has 0 unspecified atom stereocenters. The molecule has 22 heavy (non-hydrogen) atoms. The fourth-order valence-electron chi connectivity index (χ4n) is 1.91. The second kappa shape index (κ2) is 7.22. The predicted octanol–water partition coefficient (Wildman–Crippen LogP) is 3.21. The minimum Gasteiger partial charge on any atom is -0.493 e. The normalized spacial score (nSPS) is 10.6. The van der Waals surface area contributed by atoms with Gasteiger partial charge in [0.15, 0.2) is 17.3 Å². The lowest BCUT2D eigenvalue weighted by Gasteiger charge is -2.07. The summed E-state index contributed by atoms with van der Waals surface area (Å²) < 4.78 is 14.7. The lowest BCUT2D eigenvalue weighted by Crippen LogP contribution is -2.13. The van der Waals surface area contributed by atoms with E-state index in [4.69, 9.17) is 9.47 Å². The van der Waals surface area contributed by atoms with Gasteiger partial charge in [0.1, 0.15) is 0 Å². The Labute approximate surface area is 133 Å². The van der Waals surface area contributed by atoms with E-state index in [1.807, 2.05) is 19.9 Å². The average molecular weight is 321 g/mol. The molecule has 0 saturated heterocycles. The molecule has 2 rings (SSSR count). The third-order valence-corrected chi connectivity index (χ3v) is 3.54. The molecule has 118 valence electrons. The summed E-state index contributed by atoms with van der Waals surface area (Å²) in [4.78, 5) is 16.1. The molecule has 6 nitrogen and oxygen atoms in total. The van der Waals surface area contributed by atoms with Crippen molar-refractivity contribution in [3.05, 3.63) is 18.2 Å². The SMILES string of the molecule is COc1ccc(-c2nsc(NC(=O)CC(C)C)n2)cc1OC. The lowest BCUT2D eigenvalue weighted by atomic mass is 10.1. The van der Waals surface area contributed by atoms with E-state index in [0.717, 1.165) is 17.1 Å². The minimum absolute atomic E-state index is 0.0509. The zero-order valence-corrected chi connectivity index (χ0v) is 13.9. The number of hydrogen-bond acceptors (Lipinski definition) is 6. The molecule has 0 radical (unpaired) electrons. The summed E-state index contributed by atoms with van der Waals surface area (Å²) in [5, 5.41) is 3.26. The summed E-state index contributed by atoms with van der Waals surface area (Å²) in [6, 6.07) is 5.45. The standard InChI is InChI=1S/C15H19N3O3S/c1-9(2)7-13(19)16-15-17-14(18-22-15)10-5-6-11(20-3)12(8-10)21-4/h5-6,8-9H,7H2,1-4H3,(H,16,17,18,19). The van der Waals surface area contributed by atoms with Crippen molar-refractivity contribution in [1.82, 2.24) is 9.36 Å². The first-order valence-corrected chi connectivity index (χ1v) is 7.66. The first kappa shape index (κ1) is 16.2. The van der Waals surface area contributed by atoms with Crippen molar-refractivity contribution < 1.29 is 14.3 Å². The van der Waals surface area contributed by atoms with Crippen LogP contribution in [0.5, 0.6) is 11.5 Å². The predicted molar refractivity (Wildman–Crippen MR) is 86.5 cm³/mol. The second-order valence-corrected chi connectivity index (χ2v) is 5.89. The highest BCUT2D eigenvalue weighted by Crippen LogP contribution is 2.32. The van der Waals surface area contributed by atoms with Gasteiger partial charge in [-0.1, -0.05) is 13.8 Å². The fourth-order valence-corrected chi connectivity index (χ4v) is 2.51. The monoisotopic (exact) mass is 321 g/mol. The van der Waals surface area contributed by atoms with Gasteiger partial charge in [0.2, 0.25) is 11.0 Å². The van der Waals surface area contributed by atoms with Gasteiger partial charge in [-0.05, 0) is 24.1 Å². The molecule has 1 aromatic carbocycles. The van der Waals surface area contributed by atoms with Crippen molar-refractivity contribution in [2.24, 2.45) is 5.92 Å². The molecule has 0 aliphatic carbocycles. The van der Waals surface area contributed by atoms with Crippen LogP contribution in [-0.2, 0) is 4.79 Å². The Hall–Kier alpha value is -2.15. The molecular weight excluding hydrogens is 302 g/mol. The lowest BCUT2D eigenvalue weighted by molar-refractivity contribution is -0.116. The molecular formula is C15H19N3O3S. The van der Waals surface area contributed by atoms with Crippen LogP contribution in [0, 0.1) is 5.92 Å². The van der Waals surface area contributed by atoms with Crippen molar-refractivity contribution in [2.45, 2.75) is 20.3 Å². The van der Waals surface area contributed by atoms with Gasteiger partial charge in [-0.3, -0.25) is 4.79 Å². The number of nitrogens with one attached hydrogen (secondary N) is 1. The van der Waals surface area contributed by atoms with Crippen LogP contribution in [0.2, 0.25) is 0 Å². The fraction of sp³-hybridized carbons (Fsp3) is 0.400. The summed E-state index contributed by atoms with van der Waals surface area (Å²) in [6.45, 7) is 3.99. The van der Waals surface area contributed by atoms with E-state index in [9.17, 15) is 4.79 Å². The van der Waals surface area contributed by atoms with Crippen LogP contribution < -0.4 is 14.8 Å². The molecule has 0 spiro atoms. The quantitative estimate of drug-likeness (QED) is 0.884. The number of anilines is 1. The van der Waals surface area contributed by atoms with Crippen molar-refractivity contribution >= 4 is 22.6 Å². The highest BCUT2D eigenvalue weighted by atomic mass is 32.1. The Balaban J connectivity index is 2.16. The summed E-state index contributed by atoms with van der Waals surface area (Å²) in [7, 11) is 3.16. The van der Waals surface area contributed by atoms with Crippen LogP contribution >= 0.6 is 11.5 Å². The van der Waals surface area contributed by atoms with Gasteiger partial charge >= 0.3 is 0 Å². The number of carbonyl (C=O) groups is 1. The zero-order valence-electron chi connectivity index (χ0n) is 13.0. The first-order chi connectivity index (χ1) is 10.5. The van der Waals surface area contributed by atoms with Gasteiger partial charge in [0.25, 0.3) is 0 Å². The first-order valence-electron chi connectivity index (χ1n) is 6.89. The molecule has 1 aromatic heterocycles. The number of aromatic nitrogens is 2. The Morgan fingerprint density at radius 2 is 2.00 bits per heavy atom. The summed E-state index contributed by atoms with van der Waals surface area (Å²) >= 11 is 1.16. The Kier molecular flexibility index (Phi) is 5.32. The van der Waals surface area contributed by atoms with E-state index >= 15 is 0 Å². The molecule has 1 heterocycles. The minimum atomic E-state index is -0.0509. The molecule has 7 heteroatoms. The Morgan fingerprint density at radius 1 is 1.27 bits per heavy atom. The van der Waals surface area contributed by atoms with Gasteiger partial charge in [-0.15, -0.1) is 0 Å². The maximum absolute atomic E-state index is 11.7. The maximum Gasteiger partial charge on any atom is 0.226 e. The van der Waals surface area contributed by atoms with Crippen LogP contribution in [0.25, 0.3) is 11.4 Å². The second-order valence-electron chi connectivity index (χ2n) is 5.14. The number of methoxy groups -OCH3 is 2. The van der Waals surface area contributed by atoms with Crippen molar-refractivity contribution in [2.75, 3.05) is 19.5 Å². The summed E-state index contributed by atoms with van der Waals surface area (Å²) in [6.07, 6.45) is 0.464. The van der Waals surface area contributed by atoms with Crippen molar-refractivity contribution in [3.8, 4) is 22.9 Å². The molecule has 0 saturated carbocycles. The highest BCUT2D eigenvalue weighted by Gasteiger charge is 2.13. The third-order valence-electron chi connectivity index (χ3n) is 2.91. The smallest absolute Gasteiger partial charge is 0.226 e. The number of hydrogen-bond donors (Lipinski definition) is 1. The van der Waals surface area contributed by atoms with E-state index in [2.05, 4.69) is 14.7 Å². The van der Waals surface area contributed by atoms with Crippen LogP contribution in [-0.4, -0.2) is 29.5 Å². The molecule has 0 bridgehead atoms. The third kappa shape index (κ3) is 3.94. The van der Waals surface area contributed by atoms with Crippen LogP contribution in [0.15, 0.2) is 18.2 Å². The number of rotatable bonds is 6. The molecule has 0 fully saturated rings. The number of ether oxygens (including phenoxy) is 2. The van der Waals surface area contributed by atoms with E-state index in [1.54, 1.807) is 26.4 Å². The Bertz CT molecular complexity index is 655. The zero-order chi connectivity index (χ0) is 16.1.